The SMILES string of the molecule is CCc1sccc1C(C)(C)C. The molecule has 0 nitrogen and oxygen atoms in total. The molecule has 1 heterocycles. The summed E-state index contributed by atoms with van der Waals surface area (Å²) in [5.41, 5.74) is 1.84. The molecule has 1 aromatic rings. The van der Waals surface area contributed by atoms with Crippen LogP contribution in [0.3, 0.4) is 0 Å². The van der Waals surface area contributed by atoms with Gasteiger partial charge in [-0.25, -0.2) is 0 Å². The first-order chi connectivity index (χ1) is 5.05. The summed E-state index contributed by atoms with van der Waals surface area (Å²) in [5.74, 6) is 0. The highest BCUT2D eigenvalue weighted by Gasteiger charge is 2.17. The molecular weight excluding hydrogens is 152 g/mol. The fraction of sp³-hybridized carbons (Fsp3) is 0.600. The second-order valence-electron chi connectivity index (χ2n) is 3.86. The van der Waals surface area contributed by atoms with Gasteiger partial charge in [0.1, 0.15) is 0 Å². The Labute approximate surface area is 73.3 Å². The largest absolute Gasteiger partial charge is 0.149 e. The van der Waals surface area contributed by atoms with E-state index in [0.717, 1.165) is 0 Å². The first kappa shape index (κ1) is 8.79. The molecule has 0 saturated carbocycles. The zero-order valence-electron chi connectivity index (χ0n) is 7.77. The molecule has 0 unspecified atom stereocenters. The third-order valence-corrected chi connectivity index (χ3v) is 2.94. The molecule has 0 aliphatic carbocycles. The maximum atomic E-state index is 2.27. The van der Waals surface area contributed by atoms with Crippen molar-refractivity contribution in [1.29, 1.82) is 0 Å². The zero-order chi connectivity index (χ0) is 8.48. The molecule has 0 aromatic carbocycles. The van der Waals surface area contributed by atoms with Crippen molar-refractivity contribution in [2.75, 3.05) is 0 Å². The molecule has 0 spiro atoms. The zero-order valence-corrected chi connectivity index (χ0v) is 8.59. The van der Waals surface area contributed by atoms with Crippen LogP contribution < -0.4 is 0 Å². The van der Waals surface area contributed by atoms with Gasteiger partial charge in [-0.05, 0) is 28.8 Å². The molecule has 0 radical (unpaired) electrons. The second kappa shape index (κ2) is 2.98. The van der Waals surface area contributed by atoms with Crippen molar-refractivity contribution in [3.63, 3.8) is 0 Å². The summed E-state index contributed by atoms with van der Waals surface area (Å²) in [7, 11) is 0. The lowest BCUT2D eigenvalue weighted by molar-refractivity contribution is 0.587. The molecule has 11 heavy (non-hydrogen) atoms. The van der Waals surface area contributed by atoms with Gasteiger partial charge < -0.3 is 0 Å². The van der Waals surface area contributed by atoms with Crippen LogP contribution in [0.4, 0.5) is 0 Å². The summed E-state index contributed by atoms with van der Waals surface area (Å²) in [4.78, 5) is 1.54. The van der Waals surface area contributed by atoms with Gasteiger partial charge in [0, 0.05) is 4.88 Å². The Morgan fingerprint density at radius 2 is 2.00 bits per heavy atom. The summed E-state index contributed by atoms with van der Waals surface area (Å²) < 4.78 is 0. The summed E-state index contributed by atoms with van der Waals surface area (Å²) in [5, 5.41) is 2.19. The Hall–Kier alpha value is -0.300. The van der Waals surface area contributed by atoms with Crippen LogP contribution in [0.25, 0.3) is 0 Å². The van der Waals surface area contributed by atoms with Crippen molar-refractivity contribution in [2.45, 2.75) is 39.5 Å². The van der Waals surface area contributed by atoms with Crippen molar-refractivity contribution in [2.24, 2.45) is 0 Å². The molecule has 1 heteroatoms. The van der Waals surface area contributed by atoms with E-state index in [2.05, 4.69) is 39.1 Å². The Morgan fingerprint density at radius 1 is 1.36 bits per heavy atom. The number of hydrogen-bond donors (Lipinski definition) is 0. The van der Waals surface area contributed by atoms with Crippen LogP contribution in [-0.4, -0.2) is 0 Å². The van der Waals surface area contributed by atoms with Crippen molar-refractivity contribution in [1.82, 2.24) is 0 Å². The minimum atomic E-state index is 0.325. The van der Waals surface area contributed by atoms with Gasteiger partial charge in [-0.3, -0.25) is 0 Å². The average Bonchev–Trinajstić information content (AvgIpc) is 2.31. The topological polar surface area (TPSA) is 0 Å². The summed E-state index contributed by atoms with van der Waals surface area (Å²) in [6, 6.07) is 2.25. The van der Waals surface area contributed by atoms with E-state index in [1.807, 2.05) is 11.3 Å². The quantitative estimate of drug-likeness (QED) is 0.601. The van der Waals surface area contributed by atoms with Crippen LogP contribution in [0.1, 0.15) is 38.1 Å². The fourth-order valence-corrected chi connectivity index (χ4v) is 2.32. The molecule has 0 amide bonds. The predicted octanol–water partition coefficient (Wildman–Crippen LogP) is 3.61. The lowest BCUT2D eigenvalue weighted by atomic mass is 9.87. The maximum Gasteiger partial charge on any atom is 0.00798 e. The van der Waals surface area contributed by atoms with Gasteiger partial charge in [0.05, 0.1) is 0 Å². The lowest BCUT2D eigenvalue weighted by Gasteiger charge is -2.18. The Kier molecular flexibility index (Phi) is 2.38. The third-order valence-electron chi connectivity index (χ3n) is 1.87. The van der Waals surface area contributed by atoms with E-state index in [0.29, 0.717) is 5.41 Å². The van der Waals surface area contributed by atoms with Crippen LogP contribution in [0.5, 0.6) is 0 Å². The minimum Gasteiger partial charge on any atom is -0.149 e. The lowest BCUT2D eigenvalue weighted by Crippen LogP contribution is -2.11. The number of aryl methyl sites for hydroxylation is 1. The molecular formula is C10H16S. The Morgan fingerprint density at radius 3 is 2.36 bits per heavy atom. The Balaban J connectivity index is 3.02. The van der Waals surface area contributed by atoms with Crippen molar-refractivity contribution in [3.05, 3.63) is 21.9 Å². The molecule has 62 valence electrons. The number of thiophene rings is 1. The van der Waals surface area contributed by atoms with E-state index in [4.69, 9.17) is 0 Å². The molecule has 1 rings (SSSR count). The molecule has 0 fully saturated rings. The van der Waals surface area contributed by atoms with E-state index in [-0.39, 0.29) is 0 Å². The van der Waals surface area contributed by atoms with E-state index in [1.54, 1.807) is 0 Å². The van der Waals surface area contributed by atoms with E-state index in [9.17, 15) is 0 Å². The molecule has 0 aliphatic heterocycles. The van der Waals surface area contributed by atoms with Gasteiger partial charge >= 0.3 is 0 Å². The van der Waals surface area contributed by atoms with Gasteiger partial charge in [-0.15, -0.1) is 11.3 Å². The third kappa shape index (κ3) is 1.84. The van der Waals surface area contributed by atoms with E-state index in [1.165, 1.54) is 16.9 Å². The molecule has 0 N–H and O–H groups in total. The predicted molar refractivity (Wildman–Crippen MR) is 52.4 cm³/mol. The molecule has 0 atom stereocenters. The second-order valence-corrected chi connectivity index (χ2v) is 4.86. The van der Waals surface area contributed by atoms with Gasteiger partial charge in [0.15, 0.2) is 0 Å². The molecule has 0 saturated heterocycles. The van der Waals surface area contributed by atoms with Crippen LogP contribution in [-0.2, 0) is 11.8 Å². The highest BCUT2D eigenvalue weighted by Crippen LogP contribution is 2.29. The van der Waals surface area contributed by atoms with Gasteiger partial charge in [0.25, 0.3) is 0 Å². The monoisotopic (exact) mass is 168 g/mol. The van der Waals surface area contributed by atoms with E-state index >= 15 is 0 Å². The Bertz CT molecular complexity index is 227. The average molecular weight is 168 g/mol. The maximum absolute atomic E-state index is 2.27. The van der Waals surface area contributed by atoms with Crippen LogP contribution in [0.2, 0.25) is 0 Å². The molecule has 0 bridgehead atoms. The first-order valence-corrected chi connectivity index (χ1v) is 5.00. The van der Waals surface area contributed by atoms with Crippen LogP contribution in [0.15, 0.2) is 11.4 Å². The molecule has 0 aliphatic rings. The fourth-order valence-electron chi connectivity index (χ4n) is 1.28. The van der Waals surface area contributed by atoms with Crippen LogP contribution >= 0.6 is 11.3 Å². The van der Waals surface area contributed by atoms with Crippen LogP contribution in [0, 0.1) is 0 Å². The minimum absolute atomic E-state index is 0.325. The summed E-state index contributed by atoms with van der Waals surface area (Å²) >= 11 is 1.88. The van der Waals surface area contributed by atoms with Gasteiger partial charge in [-0.1, -0.05) is 27.7 Å². The molecule has 1 aromatic heterocycles. The smallest absolute Gasteiger partial charge is 0.00798 e. The number of rotatable bonds is 1. The normalized spacial score (nSPS) is 12.0. The van der Waals surface area contributed by atoms with E-state index < -0.39 is 0 Å². The number of hydrogen-bond acceptors (Lipinski definition) is 1. The first-order valence-electron chi connectivity index (χ1n) is 4.12. The van der Waals surface area contributed by atoms with Crippen molar-refractivity contribution >= 4 is 11.3 Å². The van der Waals surface area contributed by atoms with Gasteiger partial charge in [-0.2, -0.15) is 0 Å². The standard InChI is InChI=1S/C10H16S/c1-5-9-8(6-7-11-9)10(2,3)4/h6-7H,5H2,1-4H3. The van der Waals surface area contributed by atoms with Gasteiger partial charge in [0.2, 0.25) is 0 Å². The highest BCUT2D eigenvalue weighted by molar-refractivity contribution is 7.10. The summed E-state index contributed by atoms with van der Waals surface area (Å²) in [6.07, 6.45) is 1.17. The van der Waals surface area contributed by atoms with Crippen molar-refractivity contribution < 1.29 is 0 Å². The van der Waals surface area contributed by atoms with Crippen molar-refractivity contribution in [3.8, 4) is 0 Å². The highest BCUT2D eigenvalue weighted by atomic mass is 32.1. The summed E-state index contributed by atoms with van der Waals surface area (Å²) in [6.45, 7) is 9.04.